The number of hydrogen-bond donors (Lipinski definition) is 1. The monoisotopic (exact) mass is 248 g/mol. The SMILES string of the molecule is C1CCC2NC(CN(CC3CC3)C3CC3)CC2C1. The molecule has 1 heterocycles. The summed E-state index contributed by atoms with van der Waals surface area (Å²) in [6.07, 6.45) is 13.4. The molecule has 1 N–H and O–H groups in total. The Bertz CT molecular complexity index is 281. The highest BCUT2D eigenvalue weighted by atomic mass is 15.2. The molecule has 0 aromatic carbocycles. The molecule has 0 radical (unpaired) electrons. The zero-order valence-electron chi connectivity index (χ0n) is 11.6. The summed E-state index contributed by atoms with van der Waals surface area (Å²) in [6, 6.07) is 2.67. The van der Waals surface area contributed by atoms with E-state index in [4.69, 9.17) is 0 Å². The summed E-state index contributed by atoms with van der Waals surface area (Å²) in [7, 11) is 0. The molecule has 2 nitrogen and oxygen atoms in total. The van der Waals surface area contributed by atoms with Crippen molar-refractivity contribution in [3.63, 3.8) is 0 Å². The second kappa shape index (κ2) is 4.79. The molecule has 4 aliphatic rings. The van der Waals surface area contributed by atoms with Gasteiger partial charge in [0.1, 0.15) is 0 Å². The first kappa shape index (κ1) is 11.7. The van der Waals surface area contributed by atoms with E-state index in [1.165, 1.54) is 70.9 Å². The lowest BCUT2D eigenvalue weighted by molar-refractivity contribution is 0.227. The predicted molar refractivity (Wildman–Crippen MR) is 74.6 cm³/mol. The smallest absolute Gasteiger partial charge is 0.0201 e. The van der Waals surface area contributed by atoms with Crippen molar-refractivity contribution in [2.24, 2.45) is 11.8 Å². The van der Waals surface area contributed by atoms with Gasteiger partial charge in [0.25, 0.3) is 0 Å². The maximum absolute atomic E-state index is 3.96. The van der Waals surface area contributed by atoms with Gasteiger partial charge in [0.05, 0.1) is 0 Å². The molecule has 1 saturated heterocycles. The minimum absolute atomic E-state index is 0.817. The highest BCUT2D eigenvalue weighted by Crippen LogP contribution is 2.37. The van der Waals surface area contributed by atoms with Crippen LogP contribution in [0, 0.1) is 11.8 Å². The van der Waals surface area contributed by atoms with Crippen molar-refractivity contribution in [1.82, 2.24) is 10.2 Å². The zero-order chi connectivity index (χ0) is 11.9. The van der Waals surface area contributed by atoms with Crippen molar-refractivity contribution in [2.75, 3.05) is 13.1 Å². The maximum atomic E-state index is 3.96. The summed E-state index contributed by atoms with van der Waals surface area (Å²) in [6.45, 7) is 2.77. The Balaban J connectivity index is 1.32. The Morgan fingerprint density at radius 1 is 0.889 bits per heavy atom. The lowest BCUT2D eigenvalue weighted by Crippen LogP contribution is -2.42. The first-order valence-corrected chi connectivity index (χ1v) is 8.38. The van der Waals surface area contributed by atoms with Gasteiger partial charge in [0.15, 0.2) is 0 Å². The minimum atomic E-state index is 0.817. The number of fused-ring (bicyclic) bond motifs is 1. The predicted octanol–water partition coefficient (Wildman–Crippen LogP) is 2.78. The largest absolute Gasteiger partial charge is 0.310 e. The van der Waals surface area contributed by atoms with Gasteiger partial charge in [-0.15, -0.1) is 0 Å². The van der Waals surface area contributed by atoms with Gasteiger partial charge in [0.2, 0.25) is 0 Å². The molecule has 3 aliphatic carbocycles. The summed E-state index contributed by atoms with van der Waals surface area (Å²) < 4.78 is 0. The Morgan fingerprint density at radius 3 is 2.44 bits per heavy atom. The van der Waals surface area contributed by atoms with Crippen LogP contribution in [0.15, 0.2) is 0 Å². The molecule has 3 unspecified atom stereocenters. The quantitative estimate of drug-likeness (QED) is 0.805. The van der Waals surface area contributed by atoms with Crippen LogP contribution in [0.1, 0.15) is 57.8 Å². The fourth-order valence-corrected chi connectivity index (χ4v) is 4.30. The maximum Gasteiger partial charge on any atom is 0.0201 e. The van der Waals surface area contributed by atoms with E-state index in [9.17, 15) is 0 Å². The van der Waals surface area contributed by atoms with Crippen LogP contribution in [0.3, 0.4) is 0 Å². The van der Waals surface area contributed by atoms with E-state index in [0.29, 0.717) is 0 Å². The minimum Gasteiger partial charge on any atom is -0.310 e. The van der Waals surface area contributed by atoms with E-state index in [2.05, 4.69) is 10.2 Å². The molecule has 0 amide bonds. The van der Waals surface area contributed by atoms with Crippen molar-refractivity contribution < 1.29 is 0 Å². The van der Waals surface area contributed by atoms with E-state index in [0.717, 1.165) is 30.0 Å². The summed E-state index contributed by atoms with van der Waals surface area (Å²) in [5, 5.41) is 3.96. The summed E-state index contributed by atoms with van der Waals surface area (Å²) in [5.41, 5.74) is 0. The van der Waals surface area contributed by atoms with Gasteiger partial charge in [-0.1, -0.05) is 12.8 Å². The molecule has 0 aromatic rings. The topological polar surface area (TPSA) is 15.3 Å². The average Bonchev–Trinajstić information content (AvgIpc) is 3.25. The van der Waals surface area contributed by atoms with Crippen LogP contribution in [0.25, 0.3) is 0 Å². The molecule has 0 aromatic heterocycles. The standard InChI is InChI=1S/C16H28N2/c1-2-4-16-13(3-1)9-14(17-16)11-18(15-7-8-15)10-12-5-6-12/h12-17H,1-11H2. The van der Waals surface area contributed by atoms with Crippen molar-refractivity contribution in [1.29, 1.82) is 0 Å². The van der Waals surface area contributed by atoms with Crippen LogP contribution in [0.5, 0.6) is 0 Å². The van der Waals surface area contributed by atoms with Gasteiger partial charge in [-0.2, -0.15) is 0 Å². The van der Waals surface area contributed by atoms with Crippen molar-refractivity contribution in [2.45, 2.75) is 75.9 Å². The Morgan fingerprint density at radius 2 is 1.72 bits per heavy atom. The summed E-state index contributed by atoms with van der Waals surface area (Å²) in [4.78, 5) is 2.84. The third-order valence-corrected chi connectivity index (χ3v) is 5.65. The molecule has 4 fully saturated rings. The van der Waals surface area contributed by atoms with Crippen LogP contribution in [-0.4, -0.2) is 36.1 Å². The number of hydrogen-bond acceptors (Lipinski definition) is 2. The van der Waals surface area contributed by atoms with Crippen LogP contribution in [0.2, 0.25) is 0 Å². The molecule has 3 atom stereocenters. The first-order valence-electron chi connectivity index (χ1n) is 8.38. The average molecular weight is 248 g/mol. The molecule has 1 aliphatic heterocycles. The van der Waals surface area contributed by atoms with Crippen LogP contribution in [-0.2, 0) is 0 Å². The third-order valence-electron chi connectivity index (χ3n) is 5.65. The van der Waals surface area contributed by atoms with Gasteiger partial charge in [-0.25, -0.2) is 0 Å². The van der Waals surface area contributed by atoms with Crippen LogP contribution in [0.4, 0.5) is 0 Å². The van der Waals surface area contributed by atoms with Crippen LogP contribution < -0.4 is 5.32 Å². The van der Waals surface area contributed by atoms with Crippen molar-refractivity contribution in [3.05, 3.63) is 0 Å². The van der Waals surface area contributed by atoms with Gasteiger partial charge in [-0.05, 0) is 56.8 Å². The second-order valence-corrected chi connectivity index (χ2v) is 7.38. The van der Waals surface area contributed by atoms with E-state index in [1.54, 1.807) is 0 Å². The molecule has 4 rings (SSSR count). The lowest BCUT2D eigenvalue weighted by atomic mass is 9.85. The highest BCUT2D eigenvalue weighted by molar-refractivity contribution is 4.97. The van der Waals surface area contributed by atoms with Gasteiger partial charge in [-0.3, -0.25) is 4.90 Å². The van der Waals surface area contributed by atoms with E-state index < -0.39 is 0 Å². The van der Waals surface area contributed by atoms with Crippen molar-refractivity contribution in [3.8, 4) is 0 Å². The van der Waals surface area contributed by atoms with Gasteiger partial charge < -0.3 is 5.32 Å². The van der Waals surface area contributed by atoms with E-state index >= 15 is 0 Å². The van der Waals surface area contributed by atoms with E-state index in [-0.39, 0.29) is 0 Å². The normalized spacial score (nSPS) is 40.2. The summed E-state index contributed by atoms with van der Waals surface area (Å²) >= 11 is 0. The summed E-state index contributed by atoms with van der Waals surface area (Å²) in [5.74, 6) is 2.08. The Hall–Kier alpha value is -0.0800. The first-order chi connectivity index (χ1) is 8.88. The van der Waals surface area contributed by atoms with E-state index in [1.807, 2.05) is 0 Å². The molecule has 18 heavy (non-hydrogen) atoms. The molecule has 0 bridgehead atoms. The second-order valence-electron chi connectivity index (χ2n) is 7.38. The lowest BCUT2D eigenvalue weighted by Gasteiger charge is -2.26. The molecular formula is C16H28N2. The Kier molecular flexibility index (Phi) is 3.12. The molecule has 0 spiro atoms. The molecule has 102 valence electrons. The van der Waals surface area contributed by atoms with Crippen molar-refractivity contribution >= 4 is 0 Å². The van der Waals surface area contributed by atoms with Crippen LogP contribution >= 0.6 is 0 Å². The zero-order valence-corrected chi connectivity index (χ0v) is 11.6. The fourth-order valence-electron chi connectivity index (χ4n) is 4.30. The molecule has 2 heteroatoms. The van der Waals surface area contributed by atoms with Gasteiger partial charge in [0, 0.05) is 31.2 Å². The number of nitrogens with one attached hydrogen (secondary N) is 1. The number of nitrogens with zero attached hydrogens (tertiary/aromatic N) is 1. The number of rotatable bonds is 5. The fraction of sp³-hybridized carbons (Fsp3) is 1.00. The third kappa shape index (κ3) is 2.60. The highest BCUT2D eigenvalue weighted by Gasteiger charge is 2.39. The van der Waals surface area contributed by atoms with Gasteiger partial charge >= 0.3 is 0 Å². The molecule has 3 saturated carbocycles. The molecular weight excluding hydrogens is 220 g/mol. The Labute approximate surface area is 111 Å².